The van der Waals surface area contributed by atoms with E-state index in [2.05, 4.69) is 4.74 Å². The van der Waals surface area contributed by atoms with Crippen molar-refractivity contribution in [2.75, 3.05) is 13.2 Å². The van der Waals surface area contributed by atoms with E-state index in [0.717, 1.165) is 0 Å². The van der Waals surface area contributed by atoms with E-state index in [0.29, 0.717) is 6.42 Å². The lowest BCUT2D eigenvalue weighted by Gasteiger charge is -2.20. The van der Waals surface area contributed by atoms with Gasteiger partial charge in [0, 0.05) is 5.97 Å². The van der Waals surface area contributed by atoms with Crippen LogP contribution in [-0.4, -0.2) is 31.1 Å². The molecule has 104 valence electrons. The van der Waals surface area contributed by atoms with Gasteiger partial charge in [0.15, 0.2) is 0 Å². The third-order valence-electron chi connectivity index (χ3n) is 2.55. The van der Waals surface area contributed by atoms with Crippen molar-refractivity contribution in [3.63, 3.8) is 0 Å². The molecule has 0 saturated carbocycles. The normalized spacial score (nSPS) is 10.8. The molecular formula is C12H19O6-. The quantitative estimate of drug-likeness (QED) is 0.451. The van der Waals surface area contributed by atoms with Gasteiger partial charge in [0.25, 0.3) is 0 Å². The lowest BCUT2D eigenvalue weighted by Crippen LogP contribution is -2.27. The van der Waals surface area contributed by atoms with Crippen molar-refractivity contribution in [3.8, 4) is 0 Å². The predicted octanol–water partition coefficient (Wildman–Crippen LogP) is 0.0391. The Balaban J connectivity index is 3.71. The molecule has 6 heteroatoms. The molecule has 0 spiro atoms. The lowest BCUT2D eigenvalue weighted by molar-refractivity contribution is -0.305. The van der Waals surface area contributed by atoms with Gasteiger partial charge in [-0.2, -0.15) is 0 Å². The second kappa shape index (κ2) is 7.68. The van der Waals surface area contributed by atoms with E-state index in [1.165, 1.54) is 0 Å². The van der Waals surface area contributed by atoms with E-state index in [4.69, 9.17) is 4.74 Å². The molecule has 0 rings (SSSR count). The molecule has 0 amide bonds. The van der Waals surface area contributed by atoms with Crippen LogP contribution in [-0.2, 0) is 23.9 Å². The maximum absolute atomic E-state index is 11.5. The Kier molecular flexibility index (Phi) is 7.00. The molecule has 0 aromatic heterocycles. The first kappa shape index (κ1) is 16.4. The summed E-state index contributed by atoms with van der Waals surface area (Å²) in [4.78, 5) is 32.6. The largest absolute Gasteiger partial charge is 0.550 e. The zero-order chi connectivity index (χ0) is 14.2. The number of carbonyl (C=O) groups excluding carboxylic acids is 3. The highest BCUT2D eigenvalue weighted by atomic mass is 16.6. The van der Waals surface area contributed by atoms with Crippen LogP contribution in [0.3, 0.4) is 0 Å². The zero-order valence-electron chi connectivity index (χ0n) is 11.0. The molecule has 6 nitrogen and oxygen atoms in total. The average molecular weight is 259 g/mol. The van der Waals surface area contributed by atoms with Crippen molar-refractivity contribution in [1.82, 2.24) is 0 Å². The number of aliphatic carboxylic acids is 1. The lowest BCUT2D eigenvalue weighted by atomic mass is 9.91. The van der Waals surface area contributed by atoms with Crippen LogP contribution in [0.4, 0.5) is 0 Å². The number of ether oxygens (including phenoxy) is 2. The van der Waals surface area contributed by atoms with Gasteiger partial charge < -0.3 is 19.4 Å². The van der Waals surface area contributed by atoms with Crippen LogP contribution < -0.4 is 5.11 Å². The minimum absolute atomic E-state index is 0.0284. The summed E-state index contributed by atoms with van der Waals surface area (Å²) in [6.07, 6.45) is 0.0372. The van der Waals surface area contributed by atoms with Gasteiger partial charge in [-0.15, -0.1) is 0 Å². The Morgan fingerprint density at radius 3 is 2.11 bits per heavy atom. The Morgan fingerprint density at radius 1 is 1.06 bits per heavy atom. The fraction of sp³-hybridized carbons (Fsp3) is 0.750. The smallest absolute Gasteiger partial charge is 0.311 e. The van der Waals surface area contributed by atoms with Gasteiger partial charge in [-0.3, -0.25) is 9.59 Å². The SMILES string of the molecule is CCC(C)(C)C(=O)OCCOC(=O)CCC(=O)[O-]. The first-order valence-electron chi connectivity index (χ1n) is 5.82. The third kappa shape index (κ3) is 6.88. The first-order valence-corrected chi connectivity index (χ1v) is 5.82. The number of carboxylic acid groups (broad SMARTS) is 1. The molecule has 0 aromatic rings. The number of rotatable bonds is 8. The highest BCUT2D eigenvalue weighted by Gasteiger charge is 2.26. The average Bonchev–Trinajstić information content (AvgIpc) is 2.31. The molecule has 0 radical (unpaired) electrons. The number of hydrogen-bond donors (Lipinski definition) is 0. The molecule has 0 aliphatic heterocycles. The highest BCUT2D eigenvalue weighted by molar-refractivity contribution is 5.76. The summed E-state index contributed by atoms with van der Waals surface area (Å²) >= 11 is 0. The zero-order valence-corrected chi connectivity index (χ0v) is 11.0. The van der Waals surface area contributed by atoms with Crippen LogP contribution in [0, 0.1) is 5.41 Å². The van der Waals surface area contributed by atoms with E-state index >= 15 is 0 Å². The van der Waals surface area contributed by atoms with E-state index in [1.54, 1.807) is 13.8 Å². The van der Waals surface area contributed by atoms with Crippen molar-refractivity contribution in [2.45, 2.75) is 40.0 Å². The fourth-order valence-electron chi connectivity index (χ4n) is 0.906. The van der Waals surface area contributed by atoms with Crippen LogP contribution in [0.1, 0.15) is 40.0 Å². The Morgan fingerprint density at radius 2 is 1.61 bits per heavy atom. The van der Waals surface area contributed by atoms with E-state index in [1.807, 2.05) is 6.92 Å². The number of carbonyl (C=O) groups is 3. The molecule has 0 bridgehead atoms. The van der Waals surface area contributed by atoms with Gasteiger partial charge in [-0.1, -0.05) is 6.92 Å². The molecule has 0 aliphatic carbocycles. The Hall–Kier alpha value is -1.59. The second-order valence-corrected chi connectivity index (χ2v) is 4.47. The summed E-state index contributed by atoms with van der Waals surface area (Å²) in [5.41, 5.74) is -0.557. The van der Waals surface area contributed by atoms with E-state index < -0.39 is 17.4 Å². The minimum Gasteiger partial charge on any atom is -0.550 e. The second-order valence-electron chi connectivity index (χ2n) is 4.47. The predicted molar refractivity (Wildman–Crippen MR) is 60.2 cm³/mol. The number of carboxylic acids is 1. The van der Waals surface area contributed by atoms with Gasteiger partial charge in [-0.25, -0.2) is 0 Å². The van der Waals surface area contributed by atoms with Crippen molar-refractivity contribution in [1.29, 1.82) is 0 Å². The molecule has 0 heterocycles. The molecule has 0 aromatic carbocycles. The van der Waals surface area contributed by atoms with E-state index in [9.17, 15) is 19.5 Å². The van der Waals surface area contributed by atoms with E-state index in [-0.39, 0.29) is 32.0 Å². The summed E-state index contributed by atoms with van der Waals surface area (Å²) in [5.74, 6) is -2.30. The van der Waals surface area contributed by atoms with Crippen LogP contribution in [0.5, 0.6) is 0 Å². The van der Waals surface area contributed by atoms with Crippen LogP contribution in [0.15, 0.2) is 0 Å². The molecule has 0 N–H and O–H groups in total. The molecular weight excluding hydrogens is 240 g/mol. The third-order valence-corrected chi connectivity index (χ3v) is 2.55. The Labute approximate surface area is 106 Å². The number of esters is 2. The molecule has 0 fully saturated rings. The van der Waals surface area contributed by atoms with Crippen LogP contribution in [0.25, 0.3) is 0 Å². The van der Waals surface area contributed by atoms with Crippen LogP contribution >= 0.6 is 0 Å². The minimum atomic E-state index is -1.30. The van der Waals surface area contributed by atoms with Crippen molar-refractivity contribution < 1.29 is 29.0 Å². The van der Waals surface area contributed by atoms with Crippen molar-refractivity contribution >= 4 is 17.9 Å². The standard InChI is InChI=1S/C12H20O6/c1-4-12(2,3)11(16)18-8-7-17-10(15)6-5-9(13)14/h4-8H2,1-3H3,(H,13,14)/p-1. The fourth-order valence-corrected chi connectivity index (χ4v) is 0.906. The summed E-state index contributed by atoms with van der Waals surface area (Å²) in [6.45, 7) is 5.31. The monoisotopic (exact) mass is 259 g/mol. The van der Waals surface area contributed by atoms with Gasteiger partial charge in [0.05, 0.1) is 11.8 Å². The van der Waals surface area contributed by atoms with Crippen LogP contribution in [0.2, 0.25) is 0 Å². The maximum atomic E-state index is 11.5. The highest BCUT2D eigenvalue weighted by Crippen LogP contribution is 2.21. The molecule has 0 atom stereocenters. The summed E-state index contributed by atoms with van der Waals surface area (Å²) in [6, 6.07) is 0. The Bertz CT molecular complexity index is 308. The molecule has 0 saturated heterocycles. The summed E-state index contributed by atoms with van der Waals surface area (Å²) in [7, 11) is 0. The van der Waals surface area contributed by atoms with Gasteiger partial charge >= 0.3 is 11.9 Å². The first-order chi connectivity index (χ1) is 8.29. The molecule has 0 aliphatic rings. The number of hydrogen-bond acceptors (Lipinski definition) is 6. The van der Waals surface area contributed by atoms with Gasteiger partial charge in [-0.05, 0) is 26.7 Å². The summed E-state index contributed by atoms with van der Waals surface area (Å²) < 4.78 is 9.61. The van der Waals surface area contributed by atoms with Crippen molar-refractivity contribution in [2.24, 2.45) is 5.41 Å². The topological polar surface area (TPSA) is 92.7 Å². The maximum Gasteiger partial charge on any atom is 0.311 e. The van der Waals surface area contributed by atoms with Gasteiger partial charge in [0.1, 0.15) is 13.2 Å². The molecule has 0 unspecified atom stereocenters. The summed E-state index contributed by atoms with van der Waals surface area (Å²) in [5, 5.41) is 10.1. The van der Waals surface area contributed by atoms with Gasteiger partial charge in [0.2, 0.25) is 0 Å². The molecule has 18 heavy (non-hydrogen) atoms. The van der Waals surface area contributed by atoms with Crippen molar-refractivity contribution in [3.05, 3.63) is 0 Å².